The number of rotatable bonds is 4. The lowest BCUT2D eigenvalue weighted by molar-refractivity contribution is -0.385. The molecule has 0 radical (unpaired) electrons. The first kappa shape index (κ1) is 15.6. The molecule has 0 spiro atoms. The van der Waals surface area contributed by atoms with E-state index >= 15 is 0 Å². The van der Waals surface area contributed by atoms with E-state index in [4.69, 9.17) is 0 Å². The van der Waals surface area contributed by atoms with E-state index in [9.17, 15) is 19.7 Å². The summed E-state index contributed by atoms with van der Waals surface area (Å²) in [5, 5.41) is 10.8. The van der Waals surface area contributed by atoms with Crippen molar-refractivity contribution in [1.82, 2.24) is 4.57 Å². The minimum absolute atomic E-state index is 0.0581. The summed E-state index contributed by atoms with van der Waals surface area (Å²) in [6.07, 6.45) is 1.08. The quantitative estimate of drug-likeness (QED) is 0.470. The van der Waals surface area contributed by atoms with Gasteiger partial charge in [-0.15, -0.1) is 11.3 Å². The zero-order chi connectivity index (χ0) is 15.7. The summed E-state index contributed by atoms with van der Waals surface area (Å²) in [6.45, 7) is 3.50. The van der Waals surface area contributed by atoms with Crippen LogP contribution in [0.2, 0.25) is 0 Å². The summed E-state index contributed by atoms with van der Waals surface area (Å²) in [6, 6.07) is 2.89. The highest BCUT2D eigenvalue weighted by Crippen LogP contribution is 2.22. The summed E-state index contributed by atoms with van der Waals surface area (Å²) < 4.78 is 1.11. The van der Waals surface area contributed by atoms with Crippen molar-refractivity contribution in [3.8, 4) is 0 Å². The highest BCUT2D eigenvalue weighted by Gasteiger charge is 2.17. The standard InChI is InChI=1S/C13H11BrN2O4S/c1-7-3-10(8(2)21-7)12(17)6-15-5-9(16(19)20)4-11(14)13(15)18/h3-5H,6H2,1-2H3. The van der Waals surface area contributed by atoms with Crippen LogP contribution in [-0.2, 0) is 6.54 Å². The summed E-state index contributed by atoms with van der Waals surface area (Å²) in [4.78, 5) is 36.3. The maximum atomic E-state index is 12.3. The predicted octanol–water partition coefficient (Wildman–Crippen LogP) is 3.08. The lowest BCUT2D eigenvalue weighted by Crippen LogP contribution is -2.24. The maximum Gasteiger partial charge on any atom is 0.286 e. The van der Waals surface area contributed by atoms with Crippen molar-refractivity contribution in [3.63, 3.8) is 0 Å². The Kier molecular flexibility index (Phi) is 4.38. The SMILES string of the molecule is Cc1cc(C(=O)Cn2cc([N+](=O)[O-])cc(Br)c2=O)c(C)s1. The van der Waals surface area contributed by atoms with Gasteiger partial charge in [-0.05, 0) is 35.8 Å². The number of pyridine rings is 1. The Morgan fingerprint density at radius 1 is 1.43 bits per heavy atom. The summed E-state index contributed by atoms with van der Waals surface area (Å²) in [5.41, 5.74) is -0.168. The third-order valence-electron chi connectivity index (χ3n) is 2.89. The molecule has 2 aromatic rings. The first-order chi connectivity index (χ1) is 9.79. The second-order valence-corrected chi connectivity index (χ2v) is 6.80. The van der Waals surface area contributed by atoms with Gasteiger partial charge in [-0.1, -0.05) is 0 Å². The van der Waals surface area contributed by atoms with Crippen LogP contribution in [0.4, 0.5) is 5.69 Å². The van der Waals surface area contributed by atoms with E-state index in [2.05, 4.69) is 15.9 Å². The van der Waals surface area contributed by atoms with Crippen LogP contribution in [0, 0.1) is 24.0 Å². The number of hydrogen-bond acceptors (Lipinski definition) is 5. The Hall–Kier alpha value is -1.80. The predicted molar refractivity (Wildman–Crippen MR) is 83.2 cm³/mol. The van der Waals surface area contributed by atoms with Gasteiger partial charge in [0.25, 0.3) is 11.2 Å². The number of carbonyl (C=O) groups is 1. The third-order valence-corrected chi connectivity index (χ3v) is 4.43. The molecular weight excluding hydrogens is 360 g/mol. The van der Waals surface area contributed by atoms with Crippen molar-refractivity contribution >= 4 is 38.7 Å². The molecule has 0 aliphatic heterocycles. The van der Waals surface area contributed by atoms with Crippen LogP contribution in [0.1, 0.15) is 20.1 Å². The molecule has 0 aliphatic carbocycles. The van der Waals surface area contributed by atoms with Gasteiger partial charge >= 0.3 is 0 Å². The molecule has 0 N–H and O–H groups in total. The van der Waals surface area contributed by atoms with E-state index in [0.717, 1.165) is 26.6 Å². The second-order valence-electron chi connectivity index (χ2n) is 4.49. The third kappa shape index (κ3) is 3.27. The molecule has 0 bridgehead atoms. The van der Waals surface area contributed by atoms with E-state index in [0.29, 0.717) is 5.56 Å². The highest BCUT2D eigenvalue weighted by atomic mass is 79.9. The number of nitrogens with zero attached hydrogens (tertiary/aromatic N) is 2. The van der Waals surface area contributed by atoms with Crippen LogP contribution in [0.3, 0.4) is 0 Å². The smallest absolute Gasteiger partial charge is 0.286 e. The number of nitro groups is 1. The number of hydrogen-bond donors (Lipinski definition) is 0. The first-order valence-corrected chi connectivity index (χ1v) is 7.55. The summed E-state index contributed by atoms with van der Waals surface area (Å²) >= 11 is 4.48. The molecule has 0 saturated heterocycles. The largest absolute Gasteiger partial charge is 0.300 e. The molecular formula is C13H11BrN2O4S. The van der Waals surface area contributed by atoms with Crippen LogP contribution in [0.25, 0.3) is 0 Å². The van der Waals surface area contributed by atoms with Gasteiger partial charge in [-0.2, -0.15) is 0 Å². The fourth-order valence-electron chi connectivity index (χ4n) is 1.95. The van der Waals surface area contributed by atoms with Crippen molar-refractivity contribution in [3.05, 3.63) is 58.6 Å². The van der Waals surface area contributed by atoms with Gasteiger partial charge in [-0.25, -0.2) is 0 Å². The number of thiophene rings is 1. The molecule has 0 unspecified atom stereocenters. The first-order valence-electron chi connectivity index (χ1n) is 5.94. The number of carbonyl (C=O) groups excluding carboxylic acids is 1. The Bertz CT molecular complexity index is 794. The molecule has 2 aromatic heterocycles. The average Bonchev–Trinajstić information content (AvgIpc) is 2.73. The van der Waals surface area contributed by atoms with Crippen molar-refractivity contribution < 1.29 is 9.72 Å². The van der Waals surface area contributed by atoms with Crippen LogP contribution in [0.5, 0.6) is 0 Å². The monoisotopic (exact) mass is 370 g/mol. The Balaban J connectivity index is 2.39. The van der Waals surface area contributed by atoms with Crippen LogP contribution in [-0.4, -0.2) is 15.3 Å². The Labute approximate surface area is 132 Å². The van der Waals surface area contributed by atoms with Crippen molar-refractivity contribution in [2.75, 3.05) is 0 Å². The lowest BCUT2D eigenvalue weighted by atomic mass is 10.1. The minimum atomic E-state index is -0.606. The van der Waals surface area contributed by atoms with Gasteiger partial charge < -0.3 is 0 Å². The van der Waals surface area contributed by atoms with Gasteiger partial charge in [0.2, 0.25) is 0 Å². The molecule has 0 atom stereocenters. The highest BCUT2D eigenvalue weighted by molar-refractivity contribution is 9.10. The van der Waals surface area contributed by atoms with E-state index < -0.39 is 10.5 Å². The van der Waals surface area contributed by atoms with Crippen molar-refractivity contribution in [2.45, 2.75) is 20.4 Å². The van der Waals surface area contributed by atoms with Gasteiger partial charge in [0.1, 0.15) is 0 Å². The molecule has 0 fully saturated rings. The molecule has 0 aliphatic rings. The molecule has 6 nitrogen and oxygen atoms in total. The van der Waals surface area contributed by atoms with Crippen LogP contribution < -0.4 is 5.56 Å². The van der Waals surface area contributed by atoms with E-state index in [1.54, 1.807) is 6.07 Å². The molecule has 2 heterocycles. The number of ketones is 1. The van der Waals surface area contributed by atoms with Crippen LogP contribution >= 0.6 is 27.3 Å². The number of halogens is 1. The zero-order valence-electron chi connectivity index (χ0n) is 11.3. The van der Waals surface area contributed by atoms with Gasteiger partial charge in [-0.3, -0.25) is 24.3 Å². The normalized spacial score (nSPS) is 10.6. The fourth-order valence-corrected chi connectivity index (χ4v) is 3.35. The second kappa shape index (κ2) is 5.90. The van der Waals surface area contributed by atoms with Gasteiger partial charge in [0.05, 0.1) is 22.1 Å². The van der Waals surface area contributed by atoms with Gasteiger partial charge in [0.15, 0.2) is 5.78 Å². The summed E-state index contributed by atoms with van der Waals surface area (Å²) in [5.74, 6) is -0.244. The Morgan fingerprint density at radius 3 is 2.62 bits per heavy atom. The Morgan fingerprint density at radius 2 is 2.10 bits per heavy atom. The minimum Gasteiger partial charge on any atom is -0.300 e. The molecule has 8 heteroatoms. The molecule has 21 heavy (non-hydrogen) atoms. The van der Waals surface area contributed by atoms with Gasteiger partial charge in [0, 0.05) is 21.4 Å². The molecule has 0 aromatic carbocycles. The number of aryl methyl sites for hydroxylation is 2. The maximum absolute atomic E-state index is 12.3. The topological polar surface area (TPSA) is 82.2 Å². The van der Waals surface area contributed by atoms with Crippen molar-refractivity contribution in [1.29, 1.82) is 0 Å². The molecule has 0 saturated carbocycles. The fraction of sp³-hybridized carbons (Fsp3) is 0.231. The van der Waals surface area contributed by atoms with E-state index in [-0.39, 0.29) is 22.5 Å². The molecule has 0 amide bonds. The number of aromatic nitrogens is 1. The molecule has 2 rings (SSSR count). The summed E-state index contributed by atoms with van der Waals surface area (Å²) in [7, 11) is 0. The van der Waals surface area contributed by atoms with E-state index in [1.807, 2.05) is 13.8 Å². The number of Topliss-reactive ketones (excluding diaryl/α,β-unsaturated/α-hetero) is 1. The van der Waals surface area contributed by atoms with Crippen LogP contribution in [0.15, 0.2) is 27.6 Å². The lowest BCUT2D eigenvalue weighted by Gasteiger charge is -2.05. The zero-order valence-corrected chi connectivity index (χ0v) is 13.7. The molecule has 110 valence electrons. The van der Waals surface area contributed by atoms with E-state index in [1.165, 1.54) is 11.3 Å². The average molecular weight is 371 g/mol. The van der Waals surface area contributed by atoms with Crippen molar-refractivity contribution in [2.24, 2.45) is 0 Å².